The van der Waals surface area contributed by atoms with Gasteiger partial charge >= 0.3 is 0 Å². The number of para-hydroxylation sites is 1. The number of aryl methyl sites for hydroxylation is 1. The van der Waals surface area contributed by atoms with Gasteiger partial charge in [-0.3, -0.25) is 0 Å². The molecule has 0 atom stereocenters. The van der Waals surface area contributed by atoms with Crippen LogP contribution >= 0.6 is 0 Å². The molecule has 1 aliphatic heterocycles. The van der Waals surface area contributed by atoms with Gasteiger partial charge in [-0.25, -0.2) is 9.97 Å². The molecule has 26 heavy (non-hydrogen) atoms. The molecule has 5 nitrogen and oxygen atoms in total. The molecule has 3 N–H and O–H groups in total. The summed E-state index contributed by atoms with van der Waals surface area (Å²) in [5.41, 5.74) is 12.1. The van der Waals surface area contributed by atoms with Gasteiger partial charge in [0.05, 0.1) is 5.39 Å². The standard InChI is InChI=1S/C21H19N5/c22-16-9-7-14(8-10-16)18-12-17-20(25-18)23-13-24-21(17)26-11-3-5-15-4-1-2-6-19(15)26/h1-2,4,6-10,12-13H,3,5,11,22H2,(H,23,24,25). The summed E-state index contributed by atoms with van der Waals surface area (Å²) in [4.78, 5) is 14.8. The van der Waals surface area contributed by atoms with E-state index in [9.17, 15) is 0 Å². The third-order valence-electron chi connectivity index (χ3n) is 4.99. The average molecular weight is 341 g/mol. The largest absolute Gasteiger partial charge is 0.399 e. The van der Waals surface area contributed by atoms with Crippen LogP contribution in [-0.2, 0) is 6.42 Å². The topological polar surface area (TPSA) is 70.8 Å². The zero-order valence-corrected chi connectivity index (χ0v) is 14.3. The van der Waals surface area contributed by atoms with E-state index in [2.05, 4.69) is 50.2 Å². The molecule has 4 aromatic rings. The van der Waals surface area contributed by atoms with Crippen LogP contribution < -0.4 is 10.6 Å². The van der Waals surface area contributed by atoms with E-state index < -0.39 is 0 Å². The molecule has 128 valence electrons. The van der Waals surface area contributed by atoms with E-state index in [1.165, 1.54) is 11.3 Å². The Balaban J connectivity index is 1.65. The molecule has 0 saturated carbocycles. The number of aromatic amines is 1. The van der Waals surface area contributed by atoms with Crippen molar-refractivity contribution in [2.45, 2.75) is 12.8 Å². The molecule has 0 spiro atoms. The quantitative estimate of drug-likeness (QED) is 0.534. The monoisotopic (exact) mass is 341 g/mol. The van der Waals surface area contributed by atoms with Crippen LogP contribution in [0.15, 0.2) is 60.9 Å². The van der Waals surface area contributed by atoms with E-state index in [-0.39, 0.29) is 0 Å². The number of nitrogens with one attached hydrogen (secondary N) is 1. The molecular formula is C21H19N5. The summed E-state index contributed by atoms with van der Waals surface area (Å²) in [7, 11) is 0. The highest BCUT2D eigenvalue weighted by atomic mass is 15.2. The number of fused-ring (bicyclic) bond motifs is 2. The maximum Gasteiger partial charge on any atom is 0.145 e. The first kappa shape index (κ1) is 15.0. The van der Waals surface area contributed by atoms with E-state index >= 15 is 0 Å². The molecular weight excluding hydrogens is 322 g/mol. The van der Waals surface area contributed by atoms with Crippen LogP contribution in [0.5, 0.6) is 0 Å². The highest BCUT2D eigenvalue weighted by Crippen LogP contribution is 2.36. The van der Waals surface area contributed by atoms with Crippen LogP contribution in [0.3, 0.4) is 0 Å². The zero-order valence-electron chi connectivity index (χ0n) is 14.3. The minimum Gasteiger partial charge on any atom is -0.399 e. The predicted octanol–water partition coefficient (Wildman–Crippen LogP) is 4.29. The van der Waals surface area contributed by atoms with Gasteiger partial charge in [-0.1, -0.05) is 30.3 Å². The number of nitrogens with zero attached hydrogens (tertiary/aromatic N) is 3. The van der Waals surface area contributed by atoms with Crippen LogP contribution in [0, 0.1) is 0 Å². The molecule has 0 bridgehead atoms. The van der Waals surface area contributed by atoms with Gasteiger partial charge in [-0.05, 0) is 48.2 Å². The van der Waals surface area contributed by atoms with Crippen LogP contribution in [0.4, 0.5) is 17.2 Å². The van der Waals surface area contributed by atoms with Crippen molar-refractivity contribution < 1.29 is 0 Å². The van der Waals surface area contributed by atoms with Gasteiger partial charge in [0.1, 0.15) is 17.8 Å². The van der Waals surface area contributed by atoms with Gasteiger partial charge in [0, 0.05) is 23.6 Å². The van der Waals surface area contributed by atoms with E-state index in [1.807, 2.05) is 24.3 Å². The lowest BCUT2D eigenvalue weighted by atomic mass is 10.0. The van der Waals surface area contributed by atoms with Crippen molar-refractivity contribution in [2.75, 3.05) is 17.2 Å². The number of hydrogen-bond acceptors (Lipinski definition) is 4. The van der Waals surface area contributed by atoms with Gasteiger partial charge in [0.2, 0.25) is 0 Å². The molecule has 2 aromatic carbocycles. The third kappa shape index (κ3) is 2.40. The molecule has 1 aliphatic rings. The first-order valence-corrected chi connectivity index (χ1v) is 8.85. The maximum atomic E-state index is 5.81. The highest BCUT2D eigenvalue weighted by Gasteiger charge is 2.21. The Kier molecular flexibility index (Phi) is 3.38. The Morgan fingerprint density at radius 3 is 2.73 bits per heavy atom. The summed E-state index contributed by atoms with van der Waals surface area (Å²) in [5.74, 6) is 0.958. The van der Waals surface area contributed by atoms with Gasteiger partial charge in [0.25, 0.3) is 0 Å². The molecule has 0 aliphatic carbocycles. The van der Waals surface area contributed by atoms with Gasteiger partial charge in [-0.2, -0.15) is 0 Å². The summed E-state index contributed by atoms with van der Waals surface area (Å²) in [6.45, 7) is 0.964. The van der Waals surface area contributed by atoms with Crippen molar-refractivity contribution in [3.63, 3.8) is 0 Å². The molecule has 0 amide bonds. The smallest absolute Gasteiger partial charge is 0.145 e. The Labute approximate surface area is 151 Å². The molecule has 3 heterocycles. The number of rotatable bonds is 2. The van der Waals surface area contributed by atoms with Crippen LogP contribution in [0.1, 0.15) is 12.0 Å². The van der Waals surface area contributed by atoms with Crippen molar-refractivity contribution in [1.29, 1.82) is 0 Å². The summed E-state index contributed by atoms with van der Waals surface area (Å²) in [6.07, 6.45) is 3.88. The Hall–Kier alpha value is -3.34. The van der Waals surface area contributed by atoms with Gasteiger partial charge < -0.3 is 15.6 Å². The molecule has 0 fully saturated rings. The van der Waals surface area contributed by atoms with Crippen LogP contribution in [0.25, 0.3) is 22.3 Å². The summed E-state index contributed by atoms with van der Waals surface area (Å²) in [6, 6.07) is 18.6. The normalized spacial score (nSPS) is 13.8. The number of anilines is 3. The third-order valence-corrected chi connectivity index (χ3v) is 4.99. The van der Waals surface area contributed by atoms with Crippen molar-refractivity contribution >= 4 is 28.2 Å². The number of nitrogens with two attached hydrogens (primary N) is 1. The van der Waals surface area contributed by atoms with E-state index in [4.69, 9.17) is 5.73 Å². The molecule has 0 unspecified atom stereocenters. The molecule has 0 saturated heterocycles. The van der Waals surface area contributed by atoms with E-state index in [0.29, 0.717) is 0 Å². The number of aromatic nitrogens is 3. The Bertz CT molecular complexity index is 1080. The fourth-order valence-electron chi connectivity index (χ4n) is 3.71. The maximum absolute atomic E-state index is 5.81. The number of nitrogen functional groups attached to an aromatic ring is 1. The van der Waals surface area contributed by atoms with Gasteiger partial charge in [0.15, 0.2) is 0 Å². The van der Waals surface area contributed by atoms with Crippen molar-refractivity contribution in [2.24, 2.45) is 0 Å². The molecule has 5 rings (SSSR count). The SMILES string of the molecule is Nc1ccc(-c2cc3c(N4CCCc5ccccc54)ncnc3[nH]2)cc1. The number of H-pyrrole nitrogens is 1. The number of hydrogen-bond donors (Lipinski definition) is 2. The molecule has 0 radical (unpaired) electrons. The molecule has 5 heteroatoms. The first-order valence-electron chi connectivity index (χ1n) is 8.85. The second-order valence-electron chi connectivity index (χ2n) is 6.65. The average Bonchev–Trinajstić information content (AvgIpc) is 3.12. The fourth-order valence-corrected chi connectivity index (χ4v) is 3.71. The highest BCUT2D eigenvalue weighted by molar-refractivity contribution is 5.94. The summed E-state index contributed by atoms with van der Waals surface area (Å²) >= 11 is 0. The summed E-state index contributed by atoms with van der Waals surface area (Å²) < 4.78 is 0. The first-order chi connectivity index (χ1) is 12.8. The lowest BCUT2D eigenvalue weighted by Crippen LogP contribution is -2.25. The fraction of sp³-hybridized carbons (Fsp3) is 0.143. The lowest BCUT2D eigenvalue weighted by molar-refractivity contribution is 0.761. The Morgan fingerprint density at radius 1 is 1.00 bits per heavy atom. The minimum absolute atomic E-state index is 0.760. The lowest BCUT2D eigenvalue weighted by Gasteiger charge is -2.30. The zero-order chi connectivity index (χ0) is 17.5. The van der Waals surface area contributed by atoms with Crippen molar-refractivity contribution in [1.82, 2.24) is 15.0 Å². The van der Waals surface area contributed by atoms with Crippen LogP contribution in [-0.4, -0.2) is 21.5 Å². The minimum atomic E-state index is 0.760. The predicted molar refractivity (Wildman–Crippen MR) is 106 cm³/mol. The second kappa shape index (κ2) is 5.88. The number of benzene rings is 2. The second-order valence-corrected chi connectivity index (χ2v) is 6.65. The van der Waals surface area contributed by atoms with Crippen molar-refractivity contribution in [3.8, 4) is 11.3 Å². The molecule has 2 aromatic heterocycles. The van der Waals surface area contributed by atoms with Crippen LogP contribution in [0.2, 0.25) is 0 Å². The summed E-state index contributed by atoms with van der Waals surface area (Å²) in [5, 5.41) is 1.04. The Morgan fingerprint density at radius 2 is 1.85 bits per heavy atom. The van der Waals surface area contributed by atoms with Crippen molar-refractivity contribution in [3.05, 3.63) is 66.5 Å². The van der Waals surface area contributed by atoms with Gasteiger partial charge in [-0.15, -0.1) is 0 Å². The van der Waals surface area contributed by atoms with E-state index in [1.54, 1.807) is 6.33 Å². The van der Waals surface area contributed by atoms with E-state index in [0.717, 1.165) is 53.2 Å².